The fraction of sp³-hybridized carbons (Fsp3) is 0.200. The Morgan fingerprint density at radius 1 is 1.17 bits per heavy atom. The summed E-state index contributed by atoms with van der Waals surface area (Å²) in [5.74, 6) is 0. The molecule has 12 heavy (non-hydrogen) atoms. The molecule has 2 rings (SSSR count). The Kier molecular flexibility index (Phi) is 2.12. The zero-order valence-corrected chi connectivity index (χ0v) is 9.99. The molecule has 1 aromatic carbocycles. The molecule has 62 valence electrons. The molecule has 0 bridgehead atoms. The fourth-order valence-corrected chi connectivity index (χ4v) is 3.64. The lowest BCUT2D eigenvalue weighted by Crippen LogP contribution is -1.78. The molecule has 0 saturated heterocycles. The molecule has 0 aliphatic carbocycles. The zero-order chi connectivity index (χ0) is 8.72. The molecule has 0 N–H and O–H groups in total. The predicted molar refractivity (Wildman–Crippen MR) is 64.0 cm³/mol. The lowest BCUT2D eigenvalue weighted by atomic mass is 10.1. The topological polar surface area (TPSA) is 0 Å². The highest BCUT2D eigenvalue weighted by Gasteiger charge is 2.05. The highest BCUT2D eigenvalue weighted by Crippen LogP contribution is 2.32. The van der Waals surface area contributed by atoms with Gasteiger partial charge in [0.15, 0.2) is 0 Å². The largest absolute Gasteiger partial charge is 0.142 e. The van der Waals surface area contributed by atoms with E-state index in [4.69, 9.17) is 0 Å². The van der Waals surface area contributed by atoms with E-state index in [1.165, 1.54) is 24.8 Å². The van der Waals surface area contributed by atoms with Crippen molar-refractivity contribution in [1.82, 2.24) is 0 Å². The first-order valence-electron chi connectivity index (χ1n) is 3.83. The molecular weight excluding hydrogens is 279 g/mol. The van der Waals surface area contributed by atoms with E-state index in [0.29, 0.717) is 0 Å². The van der Waals surface area contributed by atoms with Crippen molar-refractivity contribution in [3.63, 3.8) is 0 Å². The number of hydrogen-bond donors (Lipinski definition) is 0. The van der Waals surface area contributed by atoms with E-state index in [1.807, 2.05) is 11.3 Å². The number of thiophene rings is 1. The van der Waals surface area contributed by atoms with Crippen LogP contribution in [0.3, 0.4) is 0 Å². The molecule has 0 fully saturated rings. The molecule has 0 radical (unpaired) electrons. The molecule has 0 atom stereocenters. The van der Waals surface area contributed by atoms with Crippen molar-refractivity contribution in [2.24, 2.45) is 0 Å². The molecule has 0 saturated carbocycles. The number of aryl methyl sites for hydroxylation is 2. The van der Waals surface area contributed by atoms with Crippen molar-refractivity contribution in [2.45, 2.75) is 13.8 Å². The first kappa shape index (κ1) is 8.51. The van der Waals surface area contributed by atoms with Gasteiger partial charge in [0, 0.05) is 19.0 Å². The third kappa shape index (κ3) is 1.17. The number of halogens is 1. The van der Waals surface area contributed by atoms with Gasteiger partial charge in [0.25, 0.3) is 0 Å². The lowest BCUT2D eigenvalue weighted by Gasteiger charge is -1.99. The SMILES string of the molecule is Cc1ccc(C)c2c(I)csc12. The maximum Gasteiger partial charge on any atom is 0.0385 e. The Morgan fingerprint density at radius 3 is 2.50 bits per heavy atom. The van der Waals surface area contributed by atoms with Crippen LogP contribution in [-0.2, 0) is 0 Å². The van der Waals surface area contributed by atoms with Crippen LogP contribution < -0.4 is 0 Å². The normalized spacial score (nSPS) is 10.9. The zero-order valence-electron chi connectivity index (χ0n) is 7.02. The van der Waals surface area contributed by atoms with Crippen molar-refractivity contribution in [2.75, 3.05) is 0 Å². The molecule has 0 unspecified atom stereocenters. The van der Waals surface area contributed by atoms with E-state index in [1.54, 1.807) is 0 Å². The van der Waals surface area contributed by atoms with Crippen molar-refractivity contribution >= 4 is 44.0 Å². The van der Waals surface area contributed by atoms with Crippen LogP contribution in [0.25, 0.3) is 10.1 Å². The van der Waals surface area contributed by atoms with Gasteiger partial charge in [0.1, 0.15) is 0 Å². The Morgan fingerprint density at radius 2 is 1.83 bits per heavy atom. The molecule has 0 aliphatic rings. The third-order valence-electron chi connectivity index (χ3n) is 2.08. The Hall–Kier alpha value is -0.0900. The molecule has 1 aromatic heterocycles. The molecule has 1 heterocycles. The van der Waals surface area contributed by atoms with E-state index in [9.17, 15) is 0 Å². The van der Waals surface area contributed by atoms with Crippen molar-refractivity contribution in [3.05, 3.63) is 32.2 Å². The summed E-state index contributed by atoms with van der Waals surface area (Å²) in [6, 6.07) is 4.40. The first-order valence-corrected chi connectivity index (χ1v) is 5.79. The summed E-state index contributed by atoms with van der Waals surface area (Å²) >= 11 is 4.25. The van der Waals surface area contributed by atoms with Gasteiger partial charge in [0.2, 0.25) is 0 Å². The van der Waals surface area contributed by atoms with E-state index in [2.05, 4.69) is 54.0 Å². The minimum atomic E-state index is 1.38. The molecule has 0 spiro atoms. The van der Waals surface area contributed by atoms with E-state index in [0.717, 1.165) is 0 Å². The van der Waals surface area contributed by atoms with Gasteiger partial charge < -0.3 is 0 Å². The molecular formula is C10H9IS. The van der Waals surface area contributed by atoms with Gasteiger partial charge in [-0.05, 0) is 47.6 Å². The van der Waals surface area contributed by atoms with Gasteiger partial charge in [-0.15, -0.1) is 11.3 Å². The molecule has 0 aliphatic heterocycles. The average Bonchev–Trinajstić information content (AvgIpc) is 2.42. The van der Waals surface area contributed by atoms with Crippen LogP contribution in [0.2, 0.25) is 0 Å². The number of rotatable bonds is 0. The Labute approximate surface area is 89.7 Å². The smallest absolute Gasteiger partial charge is 0.0385 e. The van der Waals surface area contributed by atoms with E-state index < -0.39 is 0 Å². The fourth-order valence-electron chi connectivity index (χ4n) is 1.40. The maximum absolute atomic E-state index is 2.41. The van der Waals surface area contributed by atoms with E-state index in [-0.39, 0.29) is 0 Å². The van der Waals surface area contributed by atoms with Crippen molar-refractivity contribution in [1.29, 1.82) is 0 Å². The average molecular weight is 288 g/mol. The van der Waals surface area contributed by atoms with Gasteiger partial charge in [-0.1, -0.05) is 12.1 Å². The van der Waals surface area contributed by atoms with Crippen LogP contribution in [-0.4, -0.2) is 0 Å². The summed E-state index contributed by atoms with van der Waals surface area (Å²) < 4.78 is 2.83. The summed E-state index contributed by atoms with van der Waals surface area (Å²) in [5.41, 5.74) is 2.78. The number of hydrogen-bond acceptors (Lipinski definition) is 1. The highest BCUT2D eigenvalue weighted by atomic mass is 127. The van der Waals surface area contributed by atoms with Gasteiger partial charge in [-0.25, -0.2) is 0 Å². The second-order valence-corrected chi connectivity index (χ2v) is 5.03. The van der Waals surface area contributed by atoms with Gasteiger partial charge in [0.05, 0.1) is 0 Å². The van der Waals surface area contributed by atoms with Crippen LogP contribution in [0.5, 0.6) is 0 Å². The Bertz CT molecular complexity index is 429. The summed E-state index contributed by atoms with van der Waals surface area (Å²) in [4.78, 5) is 0. The van der Waals surface area contributed by atoms with Gasteiger partial charge >= 0.3 is 0 Å². The predicted octanol–water partition coefficient (Wildman–Crippen LogP) is 4.12. The van der Waals surface area contributed by atoms with Crippen molar-refractivity contribution in [3.8, 4) is 0 Å². The number of benzene rings is 1. The maximum atomic E-state index is 2.41. The standard InChI is InChI=1S/C10H9IS/c1-6-3-4-7(2)10-9(6)8(11)5-12-10/h3-5H,1-2H3. The summed E-state index contributed by atoms with van der Waals surface area (Å²) in [6.07, 6.45) is 0. The quantitative estimate of drug-likeness (QED) is 0.640. The Balaban J connectivity index is 2.98. The summed E-state index contributed by atoms with van der Waals surface area (Å²) in [7, 11) is 0. The van der Waals surface area contributed by atoms with Crippen LogP contribution >= 0.6 is 33.9 Å². The molecule has 2 aromatic rings. The summed E-state index contributed by atoms with van der Waals surface area (Å²) in [5, 5.41) is 3.67. The lowest BCUT2D eigenvalue weighted by molar-refractivity contribution is 1.48. The van der Waals surface area contributed by atoms with E-state index >= 15 is 0 Å². The second-order valence-electron chi connectivity index (χ2n) is 2.99. The summed E-state index contributed by atoms with van der Waals surface area (Å²) in [6.45, 7) is 4.35. The molecule has 0 nitrogen and oxygen atoms in total. The second kappa shape index (κ2) is 3.00. The highest BCUT2D eigenvalue weighted by molar-refractivity contribution is 14.1. The van der Waals surface area contributed by atoms with Crippen LogP contribution in [0, 0.1) is 17.4 Å². The monoisotopic (exact) mass is 288 g/mol. The van der Waals surface area contributed by atoms with Crippen molar-refractivity contribution < 1.29 is 0 Å². The van der Waals surface area contributed by atoms with Crippen LogP contribution in [0.4, 0.5) is 0 Å². The third-order valence-corrected chi connectivity index (χ3v) is 4.47. The number of fused-ring (bicyclic) bond motifs is 1. The van der Waals surface area contributed by atoms with Crippen LogP contribution in [0.1, 0.15) is 11.1 Å². The van der Waals surface area contributed by atoms with Gasteiger partial charge in [-0.2, -0.15) is 0 Å². The minimum Gasteiger partial charge on any atom is -0.142 e. The minimum absolute atomic E-state index is 1.38. The first-order chi connectivity index (χ1) is 5.70. The molecule has 0 amide bonds. The van der Waals surface area contributed by atoms with Crippen LogP contribution in [0.15, 0.2) is 17.5 Å². The van der Waals surface area contributed by atoms with Gasteiger partial charge in [-0.3, -0.25) is 0 Å². The molecule has 2 heteroatoms.